The minimum absolute atomic E-state index is 0.0744. The Labute approximate surface area is 119 Å². The highest BCUT2D eigenvalue weighted by atomic mass is 17.3. The molecule has 114 valence electrons. The van der Waals surface area contributed by atoms with Gasteiger partial charge in [0.05, 0.1) is 18.4 Å². The van der Waals surface area contributed by atoms with Crippen molar-refractivity contribution in [3.05, 3.63) is 23.8 Å². The van der Waals surface area contributed by atoms with E-state index in [2.05, 4.69) is 20.1 Å². The maximum absolute atomic E-state index is 11.3. The smallest absolute Gasteiger partial charge is 0.382 e. The fraction of sp³-hybridized carbons (Fsp3) is 0.250. The molecule has 0 bridgehead atoms. The van der Waals surface area contributed by atoms with Crippen LogP contribution in [0, 0.1) is 0 Å². The number of amides is 1. The van der Waals surface area contributed by atoms with Gasteiger partial charge >= 0.3 is 11.9 Å². The van der Waals surface area contributed by atoms with Gasteiger partial charge in [-0.15, -0.1) is 0 Å². The predicted octanol–water partition coefficient (Wildman–Crippen LogP) is 0.159. The number of hydrogen-bond donors (Lipinski definition) is 2. The number of benzene rings is 1. The second kappa shape index (κ2) is 7.70. The Kier molecular flexibility index (Phi) is 5.96. The highest BCUT2D eigenvalue weighted by Crippen LogP contribution is 2.21. The topological polar surface area (TPSA) is 126 Å². The zero-order chi connectivity index (χ0) is 15.8. The van der Waals surface area contributed by atoms with E-state index in [1.54, 1.807) is 6.07 Å². The number of ether oxygens (including phenoxy) is 2. The van der Waals surface area contributed by atoms with Crippen LogP contribution in [-0.2, 0) is 24.2 Å². The summed E-state index contributed by atoms with van der Waals surface area (Å²) >= 11 is 0. The summed E-state index contributed by atoms with van der Waals surface area (Å²) in [6, 6.07) is 4.37. The molecule has 21 heavy (non-hydrogen) atoms. The number of nitrogens with two attached hydrogens (primary N) is 1. The molecule has 0 saturated carbocycles. The molecule has 0 aromatic heterocycles. The Balaban J connectivity index is 2.57. The maximum atomic E-state index is 11.3. The Morgan fingerprint density at radius 2 is 2.00 bits per heavy atom. The van der Waals surface area contributed by atoms with Gasteiger partial charge in [-0.2, -0.15) is 0 Å². The van der Waals surface area contributed by atoms with Crippen LogP contribution in [0.2, 0.25) is 0 Å². The number of esters is 1. The second-order valence-electron chi connectivity index (χ2n) is 3.70. The summed E-state index contributed by atoms with van der Waals surface area (Å²) in [5.74, 6) is -1.88. The summed E-state index contributed by atoms with van der Waals surface area (Å²) in [6.07, 6.45) is 0. The zero-order valence-corrected chi connectivity index (χ0v) is 11.4. The number of methoxy groups -OCH3 is 1. The number of carbonyl (C=O) groups is 3. The van der Waals surface area contributed by atoms with Crippen molar-refractivity contribution in [2.75, 3.05) is 19.2 Å². The molecule has 0 saturated heterocycles. The minimum atomic E-state index is -0.938. The fourth-order valence-electron chi connectivity index (χ4n) is 1.24. The van der Waals surface area contributed by atoms with Crippen LogP contribution in [0.15, 0.2) is 18.2 Å². The molecule has 1 amide bonds. The zero-order valence-electron chi connectivity index (χ0n) is 11.4. The van der Waals surface area contributed by atoms with Gasteiger partial charge < -0.3 is 15.2 Å². The summed E-state index contributed by atoms with van der Waals surface area (Å²) in [6.45, 7) is 0.547. The molecule has 0 unspecified atom stereocenters. The molecule has 0 heterocycles. The van der Waals surface area contributed by atoms with Gasteiger partial charge in [-0.25, -0.2) is 10.3 Å². The van der Waals surface area contributed by atoms with E-state index in [0.717, 1.165) is 6.92 Å². The lowest BCUT2D eigenvalue weighted by Gasteiger charge is -2.10. The second-order valence-corrected chi connectivity index (χ2v) is 3.70. The Hall–Kier alpha value is -2.81. The van der Waals surface area contributed by atoms with Gasteiger partial charge in [-0.3, -0.25) is 14.5 Å². The summed E-state index contributed by atoms with van der Waals surface area (Å²) < 4.78 is 9.33. The van der Waals surface area contributed by atoms with Crippen LogP contribution in [0.4, 0.5) is 5.69 Å². The average Bonchev–Trinajstić information content (AvgIpc) is 2.45. The third-order valence-corrected chi connectivity index (χ3v) is 2.17. The third kappa shape index (κ3) is 5.37. The minimum Gasteiger partial charge on any atom is -0.497 e. The van der Waals surface area contributed by atoms with Crippen LogP contribution in [-0.4, -0.2) is 31.6 Å². The van der Waals surface area contributed by atoms with E-state index in [1.807, 2.05) is 0 Å². The first-order chi connectivity index (χ1) is 9.93. The molecule has 0 aliphatic heterocycles. The molecule has 0 aliphatic rings. The first-order valence-corrected chi connectivity index (χ1v) is 5.67. The van der Waals surface area contributed by atoms with E-state index in [9.17, 15) is 14.4 Å². The maximum Gasteiger partial charge on any atom is 0.382 e. The molecule has 0 atom stereocenters. The van der Waals surface area contributed by atoms with Gasteiger partial charge in [-0.05, 0) is 18.2 Å². The molecule has 9 heteroatoms. The van der Waals surface area contributed by atoms with Crippen LogP contribution in [0.5, 0.6) is 5.75 Å². The predicted molar refractivity (Wildman–Crippen MR) is 68.9 cm³/mol. The first kappa shape index (κ1) is 16.2. The SMILES string of the molecule is COc1ccc(NOOC(=O)COC(C)=O)c(C(N)=O)c1. The molecule has 0 radical (unpaired) electrons. The molecule has 1 rings (SSSR count). The summed E-state index contributed by atoms with van der Waals surface area (Å²) in [5, 5.41) is 0. The standard InChI is InChI=1S/C12H14N2O7/c1-7(15)19-6-11(16)20-21-14-10-4-3-8(18-2)5-9(10)12(13)17/h3-5,14H,6H2,1-2H3,(H2,13,17). The molecule has 9 nitrogen and oxygen atoms in total. The quantitative estimate of drug-likeness (QED) is 0.414. The number of carbonyl (C=O) groups excluding carboxylic acids is 3. The van der Waals surface area contributed by atoms with Crippen molar-refractivity contribution in [2.24, 2.45) is 5.73 Å². The van der Waals surface area contributed by atoms with E-state index >= 15 is 0 Å². The summed E-state index contributed by atoms with van der Waals surface area (Å²) in [7, 11) is 1.43. The molecular weight excluding hydrogens is 284 g/mol. The van der Waals surface area contributed by atoms with E-state index < -0.39 is 24.5 Å². The van der Waals surface area contributed by atoms with Crippen LogP contribution < -0.4 is 16.0 Å². The number of nitrogens with one attached hydrogen (secondary N) is 1. The van der Waals surface area contributed by atoms with Crippen LogP contribution >= 0.6 is 0 Å². The lowest BCUT2D eigenvalue weighted by molar-refractivity contribution is -0.258. The van der Waals surface area contributed by atoms with Gasteiger partial charge in [-0.1, -0.05) is 4.99 Å². The van der Waals surface area contributed by atoms with Crippen LogP contribution in [0.3, 0.4) is 0 Å². The summed E-state index contributed by atoms with van der Waals surface area (Å²) in [4.78, 5) is 41.5. The lowest BCUT2D eigenvalue weighted by atomic mass is 10.1. The highest BCUT2D eigenvalue weighted by Gasteiger charge is 2.12. The van der Waals surface area contributed by atoms with Crippen molar-refractivity contribution in [3.63, 3.8) is 0 Å². The van der Waals surface area contributed by atoms with Gasteiger partial charge in [0.2, 0.25) is 0 Å². The van der Waals surface area contributed by atoms with Crippen LogP contribution in [0.1, 0.15) is 17.3 Å². The number of rotatable bonds is 7. The highest BCUT2D eigenvalue weighted by molar-refractivity contribution is 5.98. The van der Waals surface area contributed by atoms with Gasteiger partial charge in [0.25, 0.3) is 5.91 Å². The van der Waals surface area contributed by atoms with Gasteiger partial charge in [0.1, 0.15) is 5.75 Å². The molecule has 0 aliphatic carbocycles. The molecule has 0 fully saturated rings. The largest absolute Gasteiger partial charge is 0.497 e. The van der Waals surface area contributed by atoms with Crippen molar-refractivity contribution in [2.45, 2.75) is 6.92 Å². The van der Waals surface area contributed by atoms with Crippen molar-refractivity contribution in [1.29, 1.82) is 0 Å². The van der Waals surface area contributed by atoms with E-state index in [0.29, 0.717) is 5.75 Å². The Bertz CT molecular complexity index is 544. The monoisotopic (exact) mass is 298 g/mol. The van der Waals surface area contributed by atoms with E-state index in [4.69, 9.17) is 10.5 Å². The fourth-order valence-corrected chi connectivity index (χ4v) is 1.24. The molecule has 3 N–H and O–H groups in total. The first-order valence-electron chi connectivity index (χ1n) is 5.67. The lowest BCUT2D eigenvalue weighted by Crippen LogP contribution is -2.19. The number of hydrogen-bond acceptors (Lipinski definition) is 8. The Morgan fingerprint density at radius 3 is 2.57 bits per heavy atom. The van der Waals surface area contributed by atoms with Gasteiger partial charge in [0.15, 0.2) is 6.61 Å². The van der Waals surface area contributed by atoms with Crippen molar-refractivity contribution >= 4 is 23.5 Å². The average molecular weight is 298 g/mol. The van der Waals surface area contributed by atoms with Crippen molar-refractivity contribution in [1.82, 2.24) is 0 Å². The Morgan fingerprint density at radius 1 is 1.29 bits per heavy atom. The van der Waals surface area contributed by atoms with Gasteiger partial charge in [0, 0.05) is 6.92 Å². The normalized spacial score (nSPS) is 9.62. The van der Waals surface area contributed by atoms with E-state index in [-0.39, 0.29) is 11.3 Å². The van der Waals surface area contributed by atoms with E-state index in [1.165, 1.54) is 19.2 Å². The number of primary amides is 1. The molecule has 0 spiro atoms. The molecule has 1 aromatic carbocycles. The van der Waals surface area contributed by atoms with Crippen LogP contribution in [0.25, 0.3) is 0 Å². The van der Waals surface area contributed by atoms with Crippen molar-refractivity contribution < 1.29 is 33.7 Å². The number of anilines is 1. The third-order valence-electron chi connectivity index (χ3n) is 2.17. The summed E-state index contributed by atoms with van der Waals surface area (Å²) in [5.41, 5.74) is 7.66. The van der Waals surface area contributed by atoms with Crippen molar-refractivity contribution in [3.8, 4) is 5.75 Å². The molecule has 1 aromatic rings. The molecular formula is C12H14N2O7.